The van der Waals surface area contributed by atoms with Crippen molar-refractivity contribution in [2.75, 3.05) is 23.8 Å². The monoisotopic (exact) mass is 464 g/mol. The van der Waals surface area contributed by atoms with E-state index in [2.05, 4.69) is 31.4 Å². The van der Waals surface area contributed by atoms with E-state index in [0.29, 0.717) is 18.8 Å². The van der Waals surface area contributed by atoms with Gasteiger partial charge in [-0.3, -0.25) is 9.59 Å². The van der Waals surface area contributed by atoms with Crippen molar-refractivity contribution in [3.8, 4) is 5.75 Å². The summed E-state index contributed by atoms with van der Waals surface area (Å²) in [6, 6.07) is 10.3. The Balaban J connectivity index is 1.65. The topological polar surface area (TPSA) is 76.7 Å². The van der Waals surface area contributed by atoms with Gasteiger partial charge in [0.05, 0.1) is 11.3 Å². The molecule has 1 saturated heterocycles. The average molecular weight is 464 g/mol. The van der Waals surface area contributed by atoms with Crippen LogP contribution in [0.25, 0.3) is 0 Å². The fraction of sp³-hybridized carbons (Fsp3) is 0.417. The molecular formula is C24H27F3N2O4. The number of halogens is 3. The lowest BCUT2D eigenvalue weighted by Crippen LogP contribution is -2.27. The van der Waals surface area contributed by atoms with E-state index in [4.69, 9.17) is 9.47 Å². The Morgan fingerprint density at radius 1 is 1.06 bits per heavy atom. The predicted molar refractivity (Wildman–Crippen MR) is 118 cm³/mol. The molecular weight excluding hydrogens is 437 g/mol. The molecule has 33 heavy (non-hydrogen) atoms. The van der Waals surface area contributed by atoms with Gasteiger partial charge in [-0.15, -0.1) is 0 Å². The van der Waals surface area contributed by atoms with Crippen LogP contribution in [-0.4, -0.2) is 31.1 Å². The Morgan fingerprint density at radius 3 is 2.33 bits per heavy atom. The van der Waals surface area contributed by atoms with Gasteiger partial charge in [0.25, 0.3) is 11.8 Å². The Hall–Kier alpha value is -3.07. The molecule has 0 bridgehead atoms. The number of anilines is 2. The molecule has 0 saturated carbocycles. The summed E-state index contributed by atoms with van der Waals surface area (Å²) >= 11 is 0. The largest absolute Gasteiger partial charge is 0.484 e. The van der Waals surface area contributed by atoms with E-state index >= 15 is 0 Å². The molecule has 1 atom stereocenters. The molecule has 1 aliphatic heterocycles. The molecule has 1 fully saturated rings. The highest BCUT2D eigenvalue weighted by Crippen LogP contribution is 2.37. The first-order valence-corrected chi connectivity index (χ1v) is 10.6. The normalized spacial score (nSPS) is 16.4. The van der Waals surface area contributed by atoms with E-state index in [1.54, 1.807) is 12.1 Å². The summed E-state index contributed by atoms with van der Waals surface area (Å²) in [5.74, 6) is -0.804. The van der Waals surface area contributed by atoms with Crippen LogP contribution < -0.4 is 15.4 Å². The van der Waals surface area contributed by atoms with E-state index in [0.717, 1.165) is 24.1 Å². The van der Waals surface area contributed by atoms with E-state index < -0.39 is 42.0 Å². The summed E-state index contributed by atoms with van der Waals surface area (Å²) < 4.78 is 51.4. The molecule has 1 aliphatic rings. The lowest BCUT2D eigenvalue weighted by Gasteiger charge is -2.19. The zero-order valence-electron chi connectivity index (χ0n) is 18.7. The van der Waals surface area contributed by atoms with Crippen LogP contribution >= 0.6 is 0 Å². The number of amides is 2. The molecule has 1 heterocycles. The van der Waals surface area contributed by atoms with Crippen molar-refractivity contribution in [3.05, 3.63) is 53.6 Å². The number of carbonyl (C=O) groups excluding carboxylic acids is 2. The van der Waals surface area contributed by atoms with Crippen LogP contribution in [0.1, 0.15) is 44.7 Å². The molecule has 178 valence electrons. The van der Waals surface area contributed by atoms with Crippen LogP contribution in [0.4, 0.5) is 24.5 Å². The van der Waals surface area contributed by atoms with Crippen molar-refractivity contribution >= 4 is 23.2 Å². The summed E-state index contributed by atoms with van der Waals surface area (Å²) in [6.45, 7) is 6.18. The molecule has 2 aromatic carbocycles. The molecule has 0 aromatic heterocycles. The molecule has 1 unspecified atom stereocenters. The predicted octanol–water partition coefficient (Wildman–Crippen LogP) is 5.14. The van der Waals surface area contributed by atoms with Crippen LogP contribution in [0.15, 0.2) is 42.5 Å². The number of carbonyl (C=O) groups is 2. The molecule has 0 spiro atoms. The second-order valence-corrected chi connectivity index (χ2v) is 8.86. The summed E-state index contributed by atoms with van der Waals surface area (Å²) in [4.78, 5) is 24.4. The van der Waals surface area contributed by atoms with Crippen LogP contribution in [-0.2, 0) is 25.9 Å². The molecule has 2 aromatic rings. The highest BCUT2D eigenvalue weighted by molar-refractivity contribution is 5.96. The summed E-state index contributed by atoms with van der Waals surface area (Å²) in [5, 5.41) is 4.67. The van der Waals surface area contributed by atoms with Gasteiger partial charge in [0, 0.05) is 12.3 Å². The Labute approximate surface area is 190 Å². The average Bonchev–Trinajstić information content (AvgIpc) is 3.27. The van der Waals surface area contributed by atoms with Crippen LogP contribution in [0.5, 0.6) is 5.75 Å². The van der Waals surface area contributed by atoms with Gasteiger partial charge >= 0.3 is 6.18 Å². The van der Waals surface area contributed by atoms with Gasteiger partial charge in [0.1, 0.15) is 11.9 Å². The van der Waals surface area contributed by atoms with E-state index in [-0.39, 0.29) is 11.1 Å². The van der Waals surface area contributed by atoms with E-state index in [1.165, 1.54) is 6.07 Å². The maximum absolute atomic E-state index is 13.6. The number of ether oxygens (including phenoxy) is 2. The third-order valence-corrected chi connectivity index (χ3v) is 5.18. The Bertz CT molecular complexity index is 992. The number of rotatable bonds is 6. The van der Waals surface area contributed by atoms with Crippen molar-refractivity contribution < 1.29 is 32.2 Å². The first kappa shape index (κ1) is 24.6. The smallest absolute Gasteiger partial charge is 0.418 e. The van der Waals surface area contributed by atoms with Gasteiger partial charge in [-0.2, -0.15) is 13.2 Å². The van der Waals surface area contributed by atoms with Crippen LogP contribution in [0.3, 0.4) is 0 Å². The second kappa shape index (κ2) is 9.82. The van der Waals surface area contributed by atoms with Gasteiger partial charge in [-0.05, 0) is 54.2 Å². The molecule has 6 nitrogen and oxygen atoms in total. The van der Waals surface area contributed by atoms with Gasteiger partial charge < -0.3 is 20.1 Å². The maximum atomic E-state index is 13.6. The second-order valence-electron chi connectivity index (χ2n) is 8.86. The van der Waals surface area contributed by atoms with E-state index in [9.17, 15) is 22.8 Å². The minimum atomic E-state index is -4.74. The number of hydrogen-bond acceptors (Lipinski definition) is 4. The molecule has 2 N–H and O–H groups in total. The third kappa shape index (κ3) is 6.71. The fourth-order valence-corrected chi connectivity index (χ4v) is 3.36. The lowest BCUT2D eigenvalue weighted by molar-refractivity contribution is -0.137. The standard InChI is InChI=1S/C24H27F3N2O4/c1-23(2,3)15-6-9-17(10-7-15)33-14-21(30)29-19-11-8-16(13-18(19)24(25,26)27)28-22(31)20-5-4-12-32-20/h6-11,13,20H,4-5,12,14H2,1-3H3,(H,28,31)(H,29,30). The zero-order valence-corrected chi connectivity index (χ0v) is 18.7. The quantitative estimate of drug-likeness (QED) is 0.621. The maximum Gasteiger partial charge on any atom is 0.418 e. The Morgan fingerprint density at radius 2 is 1.76 bits per heavy atom. The molecule has 9 heteroatoms. The third-order valence-electron chi connectivity index (χ3n) is 5.18. The number of nitrogens with one attached hydrogen (secondary N) is 2. The molecule has 2 amide bonds. The van der Waals surface area contributed by atoms with Gasteiger partial charge in [0.2, 0.25) is 0 Å². The highest BCUT2D eigenvalue weighted by atomic mass is 19.4. The van der Waals surface area contributed by atoms with Crippen molar-refractivity contribution in [1.29, 1.82) is 0 Å². The van der Waals surface area contributed by atoms with Crippen LogP contribution in [0.2, 0.25) is 0 Å². The van der Waals surface area contributed by atoms with E-state index in [1.807, 2.05) is 12.1 Å². The number of hydrogen-bond donors (Lipinski definition) is 2. The fourth-order valence-electron chi connectivity index (χ4n) is 3.36. The summed E-state index contributed by atoms with van der Waals surface area (Å²) in [5.41, 5.74) is -0.485. The summed E-state index contributed by atoms with van der Waals surface area (Å²) in [6.07, 6.45) is -4.17. The Kier molecular flexibility index (Phi) is 7.31. The highest BCUT2D eigenvalue weighted by Gasteiger charge is 2.35. The summed E-state index contributed by atoms with van der Waals surface area (Å²) in [7, 11) is 0. The molecule has 0 radical (unpaired) electrons. The van der Waals surface area contributed by atoms with Crippen LogP contribution in [0, 0.1) is 0 Å². The number of alkyl halides is 3. The lowest BCUT2D eigenvalue weighted by atomic mass is 9.87. The van der Waals surface area contributed by atoms with Gasteiger partial charge in [-0.25, -0.2) is 0 Å². The molecule has 3 rings (SSSR count). The van der Waals surface area contributed by atoms with Crippen molar-refractivity contribution in [3.63, 3.8) is 0 Å². The first-order valence-electron chi connectivity index (χ1n) is 10.6. The van der Waals surface area contributed by atoms with Gasteiger partial charge in [-0.1, -0.05) is 32.9 Å². The number of benzene rings is 2. The van der Waals surface area contributed by atoms with Crippen molar-refractivity contribution in [2.45, 2.75) is 51.3 Å². The zero-order chi connectivity index (χ0) is 24.2. The van der Waals surface area contributed by atoms with Crippen molar-refractivity contribution in [2.24, 2.45) is 0 Å². The minimum Gasteiger partial charge on any atom is -0.484 e. The molecule has 0 aliphatic carbocycles. The van der Waals surface area contributed by atoms with Gasteiger partial charge in [0.15, 0.2) is 6.61 Å². The minimum absolute atomic E-state index is 0.0315. The SMILES string of the molecule is CC(C)(C)c1ccc(OCC(=O)Nc2ccc(NC(=O)C3CCCO3)cc2C(F)(F)F)cc1. The van der Waals surface area contributed by atoms with Crippen molar-refractivity contribution in [1.82, 2.24) is 0 Å². The first-order chi connectivity index (χ1) is 15.4.